The molecule has 1 aromatic heterocycles. The fourth-order valence-corrected chi connectivity index (χ4v) is 4.18. The molecule has 2 fully saturated rings. The quantitative estimate of drug-likeness (QED) is 0.621. The van der Waals surface area contributed by atoms with E-state index in [0.717, 1.165) is 28.7 Å². The molecular weight excluding hydrogens is 406 g/mol. The molecule has 1 atom stereocenters. The molecule has 0 saturated carbocycles. The summed E-state index contributed by atoms with van der Waals surface area (Å²) in [6.45, 7) is 4.32. The lowest BCUT2D eigenvalue weighted by Gasteiger charge is -2.22. The average Bonchev–Trinajstić information content (AvgIpc) is 3.41. The largest absolute Gasteiger partial charge is 0.471 e. The van der Waals surface area contributed by atoms with E-state index in [1.54, 1.807) is 20.9 Å². The highest BCUT2D eigenvalue weighted by Gasteiger charge is 2.34. The molecule has 2 aromatic carbocycles. The van der Waals surface area contributed by atoms with Gasteiger partial charge in [-0.1, -0.05) is 29.8 Å². The summed E-state index contributed by atoms with van der Waals surface area (Å²) in [5.41, 5.74) is 3.61. The van der Waals surface area contributed by atoms with E-state index in [1.807, 2.05) is 55.5 Å². The van der Waals surface area contributed by atoms with Gasteiger partial charge in [-0.15, -0.1) is 0 Å². The molecule has 0 bridgehead atoms. The van der Waals surface area contributed by atoms with Gasteiger partial charge in [-0.25, -0.2) is 14.8 Å². The van der Waals surface area contributed by atoms with Crippen molar-refractivity contribution in [3.8, 4) is 5.88 Å². The summed E-state index contributed by atoms with van der Waals surface area (Å²) < 4.78 is 5.98. The van der Waals surface area contributed by atoms with Crippen molar-refractivity contribution in [1.82, 2.24) is 19.8 Å². The molecule has 32 heavy (non-hydrogen) atoms. The summed E-state index contributed by atoms with van der Waals surface area (Å²) in [4.78, 5) is 39.6. The standard InChI is InChI=1S/C24H25N5O3/c1-17-6-8-18(9-7-17)29-13-12-28(24(29)31)16-23(30)27-11-10-19(15-27)32-22-14-25-20-4-2-3-5-21(20)26-22/h2-9,14,19H,10-13,15-16H2,1H3. The van der Waals surface area contributed by atoms with Crippen molar-refractivity contribution in [1.29, 1.82) is 0 Å². The molecule has 0 aliphatic carbocycles. The minimum atomic E-state index is -0.132. The number of nitrogens with zero attached hydrogens (tertiary/aromatic N) is 5. The van der Waals surface area contributed by atoms with Gasteiger partial charge in [0.15, 0.2) is 0 Å². The van der Waals surface area contributed by atoms with Gasteiger partial charge in [0.2, 0.25) is 11.8 Å². The highest BCUT2D eigenvalue weighted by atomic mass is 16.5. The van der Waals surface area contributed by atoms with Gasteiger partial charge in [0.05, 0.1) is 23.8 Å². The molecule has 5 rings (SSSR count). The summed E-state index contributed by atoms with van der Waals surface area (Å²) in [6.07, 6.45) is 2.21. The van der Waals surface area contributed by atoms with Crippen molar-refractivity contribution < 1.29 is 14.3 Å². The maximum Gasteiger partial charge on any atom is 0.325 e. The number of aromatic nitrogens is 2. The molecule has 8 heteroatoms. The highest BCUT2D eigenvalue weighted by Crippen LogP contribution is 2.22. The molecule has 2 aliphatic heterocycles. The summed E-state index contributed by atoms with van der Waals surface area (Å²) in [5, 5.41) is 0. The molecule has 0 N–H and O–H groups in total. The Morgan fingerprint density at radius 2 is 1.84 bits per heavy atom. The van der Waals surface area contributed by atoms with E-state index in [0.29, 0.717) is 32.1 Å². The van der Waals surface area contributed by atoms with Crippen molar-refractivity contribution in [3.05, 3.63) is 60.3 Å². The Hall–Kier alpha value is -3.68. The lowest BCUT2D eigenvalue weighted by molar-refractivity contribution is -0.130. The molecule has 2 aliphatic rings. The maximum atomic E-state index is 12.8. The zero-order valence-electron chi connectivity index (χ0n) is 18.0. The van der Waals surface area contributed by atoms with Gasteiger partial charge in [0.1, 0.15) is 12.6 Å². The molecule has 0 radical (unpaired) electrons. The number of likely N-dealkylation sites (tertiary alicyclic amines) is 1. The van der Waals surface area contributed by atoms with Crippen LogP contribution in [0.25, 0.3) is 11.0 Å². The van der Waals surface area contributed by atoms with Crippen LogP contribution in [-0.2, 0) is 4.79 Å². The number of hydrogen-bond acceptors (Lipinski definition) is 5. The molecular formula is C24H25N5O3. The number of carbonyl (C=O) groups excluding carboxylic acids is 2. The molecule has 1 unspecified atom stereocenters. The van der Waals surface area contributed by atoms with Crippen LogP contribution in [-0.4, -0.2) is 70.5 Å². The first-order valence-electron chi connectivity index (χ1n) is 10.9. The Labute approximate surface area is 186 Å². The minimum Gasteiger partial charge on any atom is -0.471 e. The molecule has 164 valence electrons. The van der Waals surface area contributed by atoms with Gasteiger partial charge < -0.3 is 14.5 Å². The summed E-state index contributed by atoms with van der Waals surface area (Å²) in [6, 6.07) is 15.4. The average molecular weight is 431 g/mol. The number of rotatable bonds is 5. The summed E-state index contributed by atoms with van der Waals surface area (Å²) in [7, 11) is 0. The Morgan fingerprint density at radius 3 is 2.66 bits per heavy atom. The molecule has 2 saturated heterocycles. The third-order valence-corrected chi connectivity index (χ3v) is 5.98. The van der Waals surface area contributed by atoms with Crippen LogP contribution < -0.4 is 9.64 Å². The Balaban J connectivity index is 1.16. The number of anilines is 1. The third kappa shape index (κ3) is 4.08. The number of aryl methyl sites for hydroxylation is 1. The van der Waals surface area contributed by atoms with E-state index in [9.17, 15) is 9.59 Å². The van der Waals surface area contributed by atoms with Crippen molar-refractivity contribution in [2.45, 2.75) is 19.4 Å². The lowest BCUT2D eigenvalue weighted by atomic mass is 10.2. The van der Waals surface area contributed by atoms with Gasteiger partial charge >= 0.3 is 6.03 Å². The summed E-state index contributed by atoms with van der Waals surface area (Å²) >= 11 is 0. The number of urea groups is 1. The fourth-order valence-electron chi connectivity index (χ4n) is 4.18. The molecule has 3 amide bonds. The topological polar surface area (TPSA) is 78.9 Å². The first kappa shape index (κ1) is 20.2. The first-order chi connectivity index (χ1) is 15.6. The van der Waals surface area contributed by atoms with E-state index in [2.05, 4.69) is 9.97 Å². The van der Waals surface area contributed by atoms with Crippen LogP contribution in [0.4, 0.5) is 10.5 Å². The van der Waals surface area contributed by atoms with E-state index in [1.165, 1.54) is 0 Å². The zero-order valence-corrected chi connectivity index (χ0v) is 18.0. The minimum absolute atomic E-state index is 0.0557. The maximum absolute atomic E-state index is 12.8. The van der Waals surface area contributed by atoms with Crippen LogP contribution in [0.5, 0.6) is 5.88 Å². The van der Waals surface area contributed by atoms with E-state index in [-0.39, 0.29) is 24.6 Å². The number of ether oxygens (including phenoxy) is 1. The Morgan fingerprint density at radius 1 is 1.06 bits per heavy atom. The van der Waals surface area contributed by atoms with Crippen LogP contribution in [0.2, 0.25) is 0 Å². The SMILES string of the molecule is Cc1ccc(N2CCN(CC(=O)N3CCC(Oc4cnc5ccccc5n4)C3)C2=O)cc1. The van der Waals surface area contributed by atoms with Crippen LogP contribution in [0, 0.1) is 6.92 Å². The monoisotopic (exact) mass is 431 g/mol. The predicted molar refractivity (Wildman–Crippen MR) is 121 cm³/mol. The van der Waals surface area contributed by atoms with Gasteiger partial charge in [0.25, 0.3) is 0 Å². The molecule has 8 nitrogen and oxygen atoms in total. The second kappa shape index (κ2) is 8.45. The van der Waals surface area contributed by atoms with E-state index >= 15 is 0 Å². The molecule has 3 aromatic rings. The van der Waals surface area contributed by atoms with Gasteiger partial charge in [0, 0.05) is 31.7 Å². The second-order valence-corrected chi connectivity index (χ2v) is 8.26. The fraction of sp³-hybridized carbons (Fsp3) is 0.333. The van der Waals surface area contributed by atoms with Crippen LogP contribution >= 0.6 is 0 Å². The Bertz CT molecular complexity index is 1150. The van der Waals surface area contributed by atoms with Gasteiger partial charge in [-0.05, 0) is 31.2 Å². The number of benzene rings is 2. The summed E-state index contributed by atoms with van der Waals surface area (Å²) in [5.74, 6) is 0.409. The van der Waals surface area contributed by atoms with Crippen molar-refractivity contribution >= 4 is 28.7 Å². The number of hydrogen-bond donors (Lipinski definition) is 0. The van der Waals surface area contributed by atoms with Crippen LogP contribution in [0.3, 0.4) is 0 Å². The van der Waals surface area contributed by atoms with E-state index < -0.39 is 0 Å². The van der Waals surface area contributed by atoms with Crippen molar-refractivity contribution in [3.63, 3.8) is 0 Å². The van der Waals surface area contributed by atoms with Crippen molar-refractivity contribution in [2.24, 2.45) is 0 Å². The zero-order chi connectivity index (χ0) is 22.1. The van der Waals surface area contributed by atoms with Crippen LogP contribution in [0.1, 0.15) is 12.0 Å². The third-order valence-electron chi connectivity index (χ3n) is 5.98. The van der Waals surface area contributed by atoms with E-state index in [4.69, 9.17) is 4.74 Å². The van der Waals surface area contributed by atoms with Crippen molar-refractivity contribution in [2.75, 3.05) is 37.6 Å². The number of fused-ring (bicyclic) bond motifs is 1. The number of para-hydroxylation sites is 2. The number of amides is 3. The highest BCUT2D eigenvalue weighted by molar-refractivity contribution is 5.96. The smallest absolute Gasteiger partial charge is 0.325 e. The second-order valence-electron chi connectivity index (χ2n) is 8.26. The van der Waals surface area contributed by atoms with Crippen LogP contribution in [0.15, 0.2) is 54.7 Å². The first-order valence-corrected chi connectivity index (χ1v) is 10.9. The predicted octanol–water partition coefficient (Wildman–Crippen LogP) is 2.86. The van der Waals surface area contributed by atoms with Gasteiger partial charge in [-0.2, -0.15) is 0 Å². The lowest BCUT2D eigenvalue weighted by Crippen LogP contribution is -2.42. The van der Waals surface area contributed by atoms with Gasteiger partial charge in [-0.3, -0.25) is 9.69 Å². The number of carbonyl (C=O) groups is 2. The Kier molecular flexibility index (Phi) is 5.34. The molecule has 3 heterocycles. The normalized spacial score (nSPS) is 18.6. The molecule has 0 spiro atoms.